The molecule has 20 heavy (non-hydrogen) atoms. The lowest BCUT2D eigenvalue weighted by atomic mass is 10.1. The Balaban J connectivity index is 2.07. The molecular weight excluding hydrogens is 322 g/mol. The number of halogens is 1. The SMILES string of the molecule is COC(=O)Cc1ccccc1COc1cccc(Br)n1. The fraction of sp³-hybridized carbons (Fsp3) is 0.200. The molecule has 0 saturated carbocycles. The Kier molecular flexibility index (Phi) is 5.12. The Labute approximate surface area is 125 Å². The van der Waals surface area contributed by atoms with Gasteiger partial charge in [0.25, 0.3) is 0 Å². The van der Waals surface area contributed by atoms with Crippen LogP contribution in [0.3, 0.4) is 0 Å². The standard InChI is InChI=1S/C15H14BrNO3/c1-19-15(18)9-11-5-2-3-6-12(11)10-20-14-8-4-7-13(16)17-14/h2-8H,9-10H2,1H3. The van der Waals surface area contributed by atoms with E-state index in [9.17, 15) is 4.79 Å². The van der Waals surface area contributed by atoms with Gasteiger partial charge in [-0.1, -0.05) is 30.3 Å². The van der Waals surface area contributed by atoms with Crippen LogP contribution < -0.4 is 4.74 Å². The van der Waals surface area contributed by atoms with Crippen LogP contribution in [0.15, 0.2) is 47.1 Å². The van der Waals surface area contributed by atoms with Crippen molar-refractivity contribution < 1.29 is 14.3 Å². The molecule has 0 radical (unpaired) electrons. The van der Waals surface area contributed by atoms with Crippen molar-refractivity contribution in [3.8, 4) is 5.88 Å². The van der Waals surface area contributed by atoms with Crippen molar-refractivity contribution in [3.05, 3.63) is 58.2 Å². The maximum absolute atomic E-state index is 11.4. The second kappa shape index (κ2) is 7.05. The third-order valence-electron chi connectivity index (χ3n) is 2.75. The highest BCUT2D eigenvalue weighted by atomic mass is 79.9. The molecule has 0 saturated heterocycles. The molecule has 4 nitrogen and oxygen atoms in total. The molecule has 0 atom stereocenters. The summed E-state index contributed by atoms with van der Waals surface area (Å²) >= 11 is 3.29. The van der Waals surface area contributed by atoms with E-state index >= 15 is 0 Å². The highest BCUT2D eigenvalue weighted by Crippen LogP contribution is 2.16. The third-order valence-corrected chi connectivity index (χ3v) is 3.19. The molecule has 0 fully saturated rings. The zero-order valence-electron chi connectivity index (χ0n) is 11.0. The largest absolute Gasteiger partial charge is 0.473 e. The first-order valence-corrected chi connectivity index (χ1v) is 6.87. The number of nitrogens with zero attached hydrogens (tertiary/aromatic N) is 1. The van der Waals surface area contributed by atoms with E-state index in [-0.39, 0.29) is 12.4 Å². The summed E-state index contributed by atoms with van der Waals surface area (Å²) in [6.45, 7) is 0.358. The Morgan fingerprint density at radius 2 is 1.90 bits per heavy atom. The van der Waals surface area contributed by atoms with Gasteiger partial charge in [0.15, 0.2) is 0 Å². The number of hydrogen-bond donors (Lipinski definition) is 0. The Bertz CT molecular complexity index is 601. The number of aromatic nitrogens is 1. The van der Waals surface area contributed by atoms with Gasteiger partial charge in [-0.05, 0) is 33.1 Å². The molecule has 2 rings (SSSR count). The number of ether oxygens (including phenoxy) is 2. The van der Waals surface area contributed by atoms with Gasteiger partial charge < -0.3 is 9.47 Å². The van der Waals surface area contributed by atoms with Crippen molar-refractivity contribution >= 4 is 21.9 Å². The molecule has 104 valence electrons. The van der Waals surface area contributed by atoms with Crippen LogP contribution in [0, 0.1) is 0 Å². The normalized spacial score (nSPS) is 10.1. The molecule has 1 aromatic heterocycles. The van der Waals surface area contributed by atoms with Gasteiger partial charge in [0.1, 0.15) is 11.2 Å². The van der Waals surface area contributed by atoms with Crippen LogP contribution in [0.4, 0.5) is 0 Å². The summed E-state index contributed by atoms with van der Waals surface area (Å²) in [6, 6.07) is 13.1. The van der Waals surface area contributed by atoms with E-state index in [1.54, 1.807) is 6.07 Å². The van der Waals surface area contributed by atoms with E-state index in [4.69, 9.17) is 4.74 Å². The van der Waals surface area contributed by atoms with Crippen LogP contribution in [-0.4, -0.2) is 18.1 Å². The van der Waals surface area contributed by atoms with E-state index in [1.807, 2.05) is 36.4 Å². The molecule has 0 aliphatic heterocycles. The summed E-state index contributed by atoms with van der Waals surface area (Å²) in [4.78, 5) is 15.6. The molecule has 2 aromatic rings. The van der Waals surface area contributed by atoms with Crippen LogP contribution in [0.5, 0.6) is 5.88 Å². The predicted molar refractivity (Wildman–Crippen MR) is 78.4 cm³/mol. The minimum atomic E-state index is -0.266. The number of hydrogen-bond acceptors (Lipinski definition) is 4. The molecule has 0 bridgehead atoms. The summed E-state index contributed by atoms with van der Waals surface area (Å²) in [5.74, 6) is 0.269. The van der Waals surface area contributed by atoms with Crippen LogP contribution in [0.2, 0.25) is 0 Å². The molecule has 0 aliphatic carbocycles. The van der Waals surface area contributed by atoms with E-state index in [0.29, 0.717) is 12.5 Å². The van der Waals surface area contributed by atoms with E-state index in [1.165, 1.54) is 7.11 Å². The highest BCUT2D eigenvalue weighted by Gasteiger charge is 2.08. The second-order valence-corrected chi connectivity index (χ2v) is 4.92. The minimum absolute atomic E-state index is 0.238. The highest BCUT2D eigenvalue weighted by molar-refractivity contribution is 9.10. The number of carbonyl (C=O) groups excluding carboxylic acids is 1. The number of pyridine rings is 1. The fourth-order valence-electron chi connectivity index (χ4n) is 1.72. The van der Waals surface area contributed by atoms with Crippen LogP contribution in [0.1, 0.15) is 11.1 Å². The summed E-state index contributed by atoms with van der Waals surface area (Å²) in [6.07, 6.45) is 0.238. The average molecular weight is 336 g/mol. The number of methoxy groups -OCH3 is 1. The smallest absolute Gasteiger partial charge is 0.309 e. The van der Waals surface area contributed by atoms with Gasteiger partial charge in [-0.3, -0.25) is 4.79 Å². The van der Waals surface area contributed by atoms with Crippen molar-refractivity contribution in [2.75, 3.05) is 7.11 Å². The molecule has 1 heterocycles. The number of esters is 1. The minimum Gasteiger partial charge on any atom is -0.473 e. The number of rotatable bonds is 5. The third kappa shape index (κ3) is 4.06. The van der Waals surface area contributed by atoms with Crippen molar-refractivity contribution in [2.24, 2.45) is 0 Å². The van der Waals surface area contributed by atoms with Crippen molar-refractivity contribution in [2.45, 2.75) is 13.0 Å². The Morgan fingerprint density at radius 1 is 1.15 bits per heavy atom. The summed E-state index contributed by atoms with van der Waals surface area (Å²) in [7, 11) is 1.38. The molecule has 0 amide bonds. The molecule has 0 aliphatic rings. The fourth-order valence-corrected chi connectivity index (χ4v) is 2.05. The molecule has 0 N–H and O–H groups in total. The Hall–Kier alpha value is -1.88. The van der Waals surface area contributed by atoms with E-state index < -0.39 is 0 Å². The average Bonchev–Trinajstić information content (AvgIpc) is 2.46. The lowest BCUT2D eigenvalue weighted by Crippen LogP contribution is -2.08. The molecule has 0 unspecified atom stereocenters. The summed E-state index contributed by atoms with van der Waals surface area (Å²) in [5, 5.41) is 0. The lowest BCUT2D eigenvalue weighted by Gasteiger charge is -2.10. The lowest BCUT2D eigenvalue weighted by molar-refractivity contribution is -0.139. The van der Waals surface area contributed by atoms with Crippen LogP contribution in [0.25, 0.3) is 0 Å². The maximum atomic E-state index is 11.4. The first-order chi connectivity index (χ1) is 9.69. The van der Waals surface area contributed by atoms with Gasteiger partial charge >= 0.3 is 5.97 Å². The zero-order chi connectivity index (χ0) is 14.4. The number of carbonyl (C=O) groups is 1. The first kappa shape index (κ1) is 14.5. The molecule has 1 aromatic carbocycles. The van der Waals surface area contributed by atoms with Crippen molar-refractivity contribution in [1.82, 2.24) is 4.98 Å². The maximum Gasteiger partial charge on any atom is 0.309 e. The monoisotopic (exact) mass is 335 g/mol. The summed E-state index contributed by atoms with van der Waals surface area (Å²) < 4.78 is 11.0. The van der Waals surface area contributed by atoms with Gasteiger partial charge in [-0.2, -0.15) is 0 Å². The van der Waals surface area contributed by atoms with Gasteiger partial charge in [-0.15, -0.1) is 0 Å². The topological polar surface area (TPSA) is 48.4 Å². The van der Waals surface area contributed by atoms with Gasteiger partial charge in [-0.25, -0.2) is 4.98 Å². The van der Waals surface area contributed by atoms with E-state index in [2.05, 4.69) is 25.7 Å². The van der Waals surface area contributed by atoms with Crippen molar-refractivity contribution in [1.29, 1.82) is 0 Å². The van der Waals surface area contributed by atoms with Gasteiger partial charge in [0.05, 0.1) is 13.5 Å². The van der Waals surface area contributed by atoms with E-state index in [0.717, 1.165) is 15.7 Å². The summed E-state index contributed by atoms with van der Waals surface area (Å²) in [5.41, 5.74) is 1.84. The predicted octanol–water partition coefficient (Wildman–Crippen LogP) is 3.14. The Morgan fingerprint density at radius 3 is 2.60 bits per heavy atom. The molecular formula is C15H14BrNO3. The van der Waals surface area contributed by atoms with Crippen molar-refractivity contribution in [3.63, 3.8) is 0 Å². The second-order valence-electron chi connectivity index (χ2n) is 4.11. The molecule has 5 heteroatoms. The zero-order valence-corrected chi connectivity index (χ0v) is 12.6. The number of benzene rings is 1. The van der Waals surface area contributed by atoms with Crippen LogP contribution >= 0.6 is 15.9 Å². The molecule has 0 spiro atoms. The quantitative estimate of drug-likeness (QED) is 0.622. The van der Waals surface area contributed by atoms with Gasteiger partial charge in [0.2, 0.25) is 5.88 Å². The van der Waals surface area contributed by atoms with Crippen LogP contribution in [-0.2, 0) is 22.6 Å². The first-order valence-electron chi connectivity index (χ1n) is 6.08. The van der Waals surface area contributed by atoms with Gasteiger partial charge in [0, 0.05) is 6.07 Å².